The van der Waals surface area contributed by atoms with Crippen molar-refractivity contribution in [1.82, 2.24) is 9.88 Å². The number of hydrogen-bond donors (Lipinski definition) is 0. The van der Waals surface area contributed by atoms with Gasteiger partial charge in [0, 0.05) is 49.6 Å². The molecule has 7 nitrogen and oxygen atoms in total. The molecule has 0 radical (unpaired) electrons. The molecule has 3 heterocycles. The summed E-state index contributed by atoms with van der Waals surface area (Å²) >= 11 is 7.68. The molecule has 1 aromatic heterocycles. The molecule has 0 aliphatic carbocycles. The van der Waals surface area contributed by atoms with Crippen molar-refractivity contribution in [2.75, 3.05) is 36.0 Å². The molecule has 0 N–H and O–H groups in total. The van der Waals surface area contributed by atoms with E-state index < -0.39 is 0 Å². The molecule has 0 unspecified atom stereocenters. The van der Waals surface area contributed by atoms with Crippen LogP contribution in [0, 0.1) is 0 Å². The van der Waals surface area contributed by atoms with Crippen molar-refractivity contribution in [1.29, 1.82) is 0 Å². The predicted molar refractivity (Wildman–Crippen MR) is 121 cm³/mol. The number of halogens is 1. The van der Waals surface area contributed by atoms with Crippen LogP contribution in [0.2, 0.25) is 5.02 Å². The van der Waals surface area contributed by atoms with E-state index in [1.165, 1.54) is 4.90 Å². The van der Waals surface area contributed by atoms with E-state index in [1.807, 2.05) is 23.1 Å². The van der Waals surface area contributed by atoms with Crippen LogP contribution < -0.4 is 9.80 Å². The van der Waals surface area contributed by atoms with Crippen LogP contribution in [0.5, 0.6) is 0 Å². The fraction of sp³-hybridized carbons (Fsp3) is 0.273. The first-order valence-corrected chi connectivity index (χ1v) is 11.3. The summed E-state index contributed by atoms with van der Waals surface area (Å²) in [5.41, 5.74) is 1.99. The van der Waals surface area contributed by atoms with Crippen molar-refractivity contribution in [2.24, 2.45) is 0 Å². The molecule has 158 valence electrons. The monoisotopic (exact) mass is 454 g/mol. The average molecular weight is 455 g/mol. The Bertz CT molecular complexity index is 1170. The topological polar surface area (TPSA) is 73.8 Å². The lowest BCUT2D eigenvalue weighted by atomic mass is 10.1. The van der Waals surface area contributed by atoms with Crippen LogP contribution in [0.15, 0.2) is 42.5 Å². The zero-order valence-corrected chi connectivity index (χ0v) is 18.2. The number of amides is 3. The molecule has 2 fully saturated rings. The Morgan fingerprint density at radius 1 is 0.935 bits per heavy atom. The van der Waals surface area contributed by atoms with Crippen molar-refractivity contribution in [2.45, 2.75) is 12.8 Å². The van der Waals surface area contributed by atoms with Crippen LogP contribution in [0.3, 0.4) is 0 Å². The van der Waals surface area contributed by atoms with Gasteiger partial charge in [0.2, 0.25) is 11.8 Å². The van der Waals surface area contributed by atoms with E-state index >= 15 is 0 Å². The highest BCUT2D eigenvalue weighted by Crippen LogP contribution is 2.31. The number of imide groups is 1. The molecule has 3 amide bonds. The maximum absolute atomic E-state index is 12.9. The standard InChI is InChI=1S/C22H19ClN4O3S/c23-15-3-6-17-18(13-15)31-22(24-17)26-11-9-25(10-12-26)21(30)14-1-4-16(5-2-14)27-19(28)7-8-20(27)29/h1-6,13H,7-12H2. The number of nitrogens with zero attached hydrogens (tertiary/aromatic N) is 4. The predicted octanol–water partition coefficient (Wildman–Crippen LogP) is 3.57. The van der Waals surface area contributed by atoms with E-state index in [-0.39, 0.29) is 30.6 Å². The molecule has 0 spiro atoms. The Balaban J connectivity index is 1.24. The molecule has 2 aliphatic rings. The highest BCUT2D eigenvalue weighted by Gasteiger charge is 2.30. The van der Waals surface area contributed by atoms with Gasteiger partial charge in [0.25, 0.3) is 5.91 Å². The molecule has 2 aromatic carbocycles. The third kappa shape index (κ3) is 3.77. The summed E-state index contributed by atoms with van der Waals surface area (Å²) in [5, 5.41) is 1.64. The lowest BCUT2D eigenvalue weighted by Crippen LogP contribution is -2.48. The zero-order valence-electron chi connectivity index (χ0n) is 16.6. The Hall–Kier alpha value is -2.97. The van der Waals surface area contributed by atoms with Gasteiger partial charge in [-0.25, -0.2) is 4.98 Å². The third-order valence-electron chi connectivity index (χ3n) is 5.60. The van der Waals surface area contributed by atoms with E-state index in [4.69, 9.17) is 11.6 Å². The number of hydrogen-bond acceptors (Lipinski definition) is 6. The quantitative estimate of drug-likeness (QED) is 0.566. The minimum absolute atomic E-state index is 0.0543. The number of benzene rings is 2. The fourth-order valence-corrected chi connectivity index (χ4v) is 5.22. The number of carbonyl (C=O) groups excluding carboxylic acids is 3. The largest absolute Gasteiger partial charge is 0.345 e. The fourth-order valence-electron chi connectivity index (χ4n) is 3.92. The van der Waals surface area contributed by atoms with E-state index in [9.17, 15) is 14.4 Å². The summed E-state index contributed by atoms with van der Waals surface area (Å²) in [6.07, 6.45) is 0.483. The van der Waals surface area contributed by atoms with Gasteiger partial charge in [-0.05, 0) is 42.5 Å². The number of fused-ring (bicyclic) bond motifs is 1. The van der Waals surface area contributed by atoms with Crippen molar-refractivity contribution in [3.63, 3.8) is 0 Å². The minimum atomic E-state index is -0.197. The summed E-state index contributed by atoms with van der Waals surface area (Å²) < 4.78 is 1.05. The van der Waals surface area contributed by atoms with Gasteiger partial charge < -0.3 is 9.80 Å². The Labute approximate surface area is 187 Å². The molecule has 2 saturated heterocycles. The van der Waals surface area contributed by atoms with Crippen LogP contribution in [0.1, 0.15) is 23.2 Å². The normalized spacial score (nSPS) is 17.1. The molecular weight excluding hydrogens is 436 g/mol. The van der Waals surface area contributed by atoms with E-state index in [0.717, 1.165) is 15.3 Å². The lowest BCUT2D eigenvalue weighted by molar-refractivity contribution is -0.121. The van der Waals surface area contributed by atoms with Crippen LogP contribution in [-0.2, 0) is 9.59 Å². The Kier molecular flexibility index (Phi) is 5.11. The smallest absolute Gasteiger partial charge is 0.253 e. The summed E-state index contributed by atoms with van der Waals surface area (Å²) in [5.74, 6) is -0.448. The molecule has 0 saturated carbocycles. The van der Waals surface area contributed by atoms with Crippen LogP contribution >= 0.6 is 22.9 Å². The van der Waals surface area contributed by atoms with Gasteiger partial charge in [-0.3, -0.25) is 19.3 Å². The number of aromatic nitrogens is 1. The zero-order chi connectivity index (χ0) is 21.5. The van der Waals surface area contributed by atoms with E-state index in [0.29, 0.717) is 42.5 Å². The first-order chi connectivity index (χ1) is 15.0. The van der Waals surface area contributed by atoms with E-state index in [1.54, 1.807) is 35.6 Å². The van der Waals surface area contributed by atoms with Crippen molar-refractivity contribution >= 4 is 61.7 Å². The molecule has 0 atom stereocenters. The maximum atomic E-state index is 12.9. The van der Waals surface area contributed by atoms with Gasteiger partial charge in [0.1, 0.15) is 0 Å². The molecule has 5 rings (SSSR count). The maximum Gasteiger partial charge on any atom is 0.253 e. The SMILES string of the molecule is O=C(c1ccc(N2C(=O)CCC2=O)cc1)N1CCN(c2nc3ccc(Cl)cc3s2)CC1. The number of piperazine rings is 1. The summed E-state index contributed by atoms with van der Waals surface area (Å²) in [7, 11) is 0. The van der Waals surface area contributed by atoms with Crippen molar-refractivity contribution < 1.29 is 14.4 Å². The van der Waals surface area contributed by atoms with Gasteiger partial charge in [-0.1, -0.05) is 22.9 Å². The second-order valence-electron chi connectivity index (χ2n) is 7.56. The first-order valence-electron chi connectivity index (χ1n) is 10.1. The highest BCUT2D eigenvalue weighted by molar-refractivity contribution is 7.22. The Morgan fingerprint density at radius 3 is 2.29 bits per heavy atom. The molecule has 2 aliphatic heterocycles. The van der Waals surface area contributed by atoms with Gasteiger partial charge in [-0.2, -0.15) is 0 Å². The highest BCUT2D eigenvalue weighted by atomic mass is 35.5. The van der Waals surface area contributed by atoms with Gasteiger partial charge >= 0.3 is 0 Å². The molecular formula is C22H19ClN4O3S. The number of carbonyl (C=O) groups is 3. The molecule has 9 heteroatoms. The summed E-state index contributed by atoms with van der Waals surface area (Å²) in [6, 6.07) is 12.4. The van der Waals surface area contributed by atoms with Crippen molar-refractivity contribution in [3.05, 3.63) is 53.1 Å². The van der Waals surface area contributed by atoms with Crippen LogP contribution in [-0.4, -0.2) is 53.8 Å². The minimum Gasteiger partial charge on any atom is -0.345 e. The van der Waals surface area contributed by atoms with Crippen LogP contribution in [0.25, 0.3) is 10.2 Å². The number of rotatable bonds is 3. The lowest BCUT2D eigenvalue weighted by Gasteiger charge is -2.34. The number of anilines is 2. The molecule has 3 aromatic rings. The first kappa shape index (κ1) is 20.0. The van der Waals surface area contributed by atoms with Crippen molar-refractivity contribution in [3.8, 4) is 0 Å². The third-order valence-corrected chi connectivity index (χ3v) is 6.91. The average Bonchev–Trinajstić information content (AvgIpc) is 3.36. The van der Waals surface area contributed by atoms with E-state index in [2.05, 4.69) is 9.88 Å². The Morgan fingerprint density at radius 2 is 1.61 bits per heavy atom. The summed E-state index contributed by atoms with van der Waals surface area (Å²) in [6.45, 7) is 2.60. The second kappa shape index (κ2) is 7.94. The van der Waals surface area contributed by atoms with Gasteiger partial charge in [-0.15, -0.1) is 0 Å². The molecule has 0 bridgehead atoms. The summed E-state index contributed by atoms with van der Waals surface area (Å²) in [4.78, 5) is 46.6. The van der Waals surface area contributed by atoms with Gasteiger partial charge in [0.15, 0.2) is 5.13 Å². The van der Waals surface area contributed by atoms with Gasteiger partial charge in [0.05, 0.1) is 15.9 Å². The van der Waals surface area contributed by atoms with Crippen LogP contribution in [0.4, 0.5) is 10.8 Å². The molecule has 31 heavy (non-hydrogen) atoms. The second-order valence-corrected chi connectivity index (χ2v) is 9.00. The number of thiazole rings is 1.